The second-order valence-corrected chi connectivity index (χ2v) is 7.54. The zero-order chi connectivity index (χ0) is 21.0. The molecule has 2 aromatic rings. The smallest absolute Gasteiger partial charge is 0.246 e. The van der Waals surface area contributed by atoms with Crippen LogP contribution in [0.5, 0.6) is 0 Å². The lowest BCUT2D eigenvalue weighted by Gasteiger charge is -2.33. The molecule has 1 saturated heterocycles. The van der Waals surface area contributed by atoms with E-state index < -0.39 is 0 Å². The summed E-state index contributed by atoms with van der Waals surface area (Å²) in [5, 5.41) is 4.59. The van der Waals surface area contributed by atoms with Crippen LogP contribution in [0.15, 0.2) is 36.4 Å². The molecule has 1 aliphatic rings. The second kappa shape index (κ2) is 9.05. The molecule has 1 aliphatic heterocycles. The first-order chi connectivity index (χ1) is 13.9. The summed E-state index contributed by atoms with van der Waals surface area (Å²) >= 11 is 0. The van der Waals surface area contributed by atoms with Crippen LogP contribution in [0.2, 0.25) is 0 Å². The van der Waals surface area contributed by atoms with Crippen molar-refractivity contribution < 1.29 is 9.59 Å². The number of carbonyl (C=O) groups excluding carboxylic acids is 2. The molecule has 7 nitrogen and oxygen atoms in total. The van der Waals surface area contributed by atoms with Gasteiger partial charge in [0.25, 0.3) is 0 Å². The van der Waals surface area contributed by atoms with Crippen LogP contribution in [0.25, 0.3) is 11.8 Å². The van der Waals surface area contributed by atoms with Gasteiger partial charge in [0.2, 0.25) is 11.8 Å². The Morgan fingerprint density at radius 3 is 2.41 bits per heavy atom. The molecule has 0 bridgehead atoms. The quantitative estimate of drug-likeness (QED) is 0.724. The molecule has 1 aromatic carbocycles. The Hall–Kier alpha value is -2.93. The van der Waals surface area contributed by atoms with Gasteiger partial charge < -0.3 is 14.7 Å². The highest BCUT2D eigenvalue weighted by molar-refractivity contribution is 5.94. The molecule has 2 amide bonds. The first-order valence-corrected chi connectivity index (χ1v) is 9.88. The van der Waals surface area contributed by atoms with Gasteiger partial charge in [-0.2, -0.15) is 5.10 Å². The van der Waals surface area contributed by atoms with Crippen LogP contribution < -0.4 is 0 Å². The lowest BCUT2D eigenvalue weighted by Crippen LogP contribution is -2.50. The van der Waals surface area contributed by atoms with Gasteiger partial charge >= 0.3 is 0 Å². The number of para-hydroxylation sites is 1. The molecule has 0 saturated carbocycles. The standard InChI is InChI=1S/C22H29N5O2/c1-17-20(18(2)27(23-17)19-8-6-5-7-9-19)10-11-21(28)25(4)16-22(29)26-14-12-24(3)13-15-26/h5-11H,12-16H2,1-4H3/b11-10+. The third-order valence-electron chi connectivity index (χ3n) is 5.35. The van der Waals surface area contributed by atoms with Gasteiger partial charge in [0.05, 0.1) is 17.9 Å². The summed E-state index contributed by atoms with van der Waals surface area (Å²) in [7, 11) is 3.71. The van der Waals surface area contributed by atoms with E-state index in [1.807, 2.05) is 60.8 Å². The number of aromatic nitrogens is 2. The van der Waals surface area contributed by atoms with Crippen molar-refractivity contribution in [2.45, 2.75) is 13.8 Å². The van der Waals surface area contributed by atoms with Crippen LogP contribution in [0.3, 0.4) is 0 Å². The zero-order valence-corrected chi connectivity index (χ0v) is 17.6. The van der Waals surface area contributed by atoms with Crippen molar-refractivity contribution >= 4 is 17.9 Å². The summed E-state index contributed by atoms with van der Waals surface area (Å²) < 4.78 is 1.88. The van der Waals surface area contributed by atoms with E-state index in [2.05, 4.69) is 10.00 Å². The van der Waals surface area contributed by atoms with Crippen molar-refractivity contribution in [3.8, 4) is 5.69 Å². The Labute approximate surface area is 172 Å². The van der Waals surface area contributed by atoms with Gasteiger partial charge in [0.15, 0.2) is 0 Å². The van der Waals surface area contributed by atoms with Crippen LogP contribution in [-0.2, 0) is 9.59 Å². The number of benzene rings is 1. The number of hydrogen-bond acceptors (Lipinski definition) is 4. The van der Waals surface area contributed by atoms with Gasteiger partial charge in [0, 0.05) is 50.6 Å². The number of aryl methyl sites for hydroxylation is 1. The minimum absolute atomic E-state index is 0.00777. The first kappa shape index (κ1) is 20.8. The van der Waals surface area contributed by atoms with Crippen LogP contribution in [-0.4, -0.2) is 83.1 Å². The Bertz CT molecular complexity index is 895. The molecule has 0 spiro atoms. The van der Waals surface area contributed by atoms with Crippen molar-refractivity contribution in [2.24, 2.45) is 0 Å². The molecule has 3 rings (SSSR count). The van der Waals surface area contributed by atoms with Crippen molar-refractivity contribution in [2.75, 3.05) is 46.8 Å². The first-order valence-electron chi connectivity index (χ1n) is 9.88. The van der Waals surface area contributed by atoms with E-state index in [0.717, 1.165) is 35.7 Å². The van der Waals surface area contributed by atoms with Gasteiger partial charge in [0.1, 0.15) is 0 Å². The minimum atomic E-state index is -0.196. The highest BCUT2D eigenvalue weighted by Crippen LogP contribution is 2.19. The number of likely N-dealkylation sites (N-methyl/N-ethyl adjacent to an activating group) is 2. The number of nitrogens with zero attached hydrogens (tertiary/aromatic N) is 5. The lowest BCUT2D eigenvalue weighted by molar-refractivity contribution is -0.138. The number of amides is 2. The van der Waals surface area contributed by atoms with Gasteiger partial charge in [-0.3, -0.25) is 9.59 Å². The van der Waals surface area contributed by atoms with Crippen molar-refractivity contribution in [3.63, 3.8) is 0 Å². The van der Waals surface area contributed by atoms with E-state index in [0.29, 0.717) is 13.1 Å². The number of rotatable bonds is 5. The molecule has 0 unspecified atom stereocenters. The summed E-state index contributed by atoms with van der Waals surface area (Å²) in [5.74, 6) is -0.203. The fourth-order valence-electron chi connectivity index (χ4n) is 3.44. The summed E-state index contributed by atoms with van der Waals surface area (Å²) in [6.45, 7) is 7.16. The van der Waals surface area contributed by atoms with E-state index in [1.165, 1.54) is 11.0 Å². The molecule has 0 N–H and O–H groups in total. The number of piperazine rings is 1. The van der Waals surface area contributed by atoms with Crippen molar-refractivity contribution in [1.29, 1.82) is 0 Å². The average Bonchev–Trinajstić information content (AvgIpc) is 3.00. The van der Waals surface area contributed by atoms with E-state index in [9.17, 15) is 9.59 Å². The molecular formula is C22H29N5O2. The fraction of sp³-hybridized carbons (Fsp3) is 0.409. The topological polar surface area (TPSA) is 61.7 Å². The monoisotopic (exact) mass is 395 g/mol. The third kappa shape index (κ3) is 4.92. The fourth-order valence-corrected chi connectivity index (χ4v) is 3.44. The molecule has 0 aliphatic carbocycles. The summed E-state index contributed by atoms with van der Waals surface area (Å²) in [4.78, 5) is 30.4. The Balaban J connectivity index is 1.64. The summed E-state index contributed by atoms with van der Waals surface area (Å²) in [6.07, 6.45) is 3.31. The van der Waals surface area contributed by atoms with Crippen LogP contribution >= 0.6 is 0 Å². The highest BCUT2D eigenvalue weighted by atomic mass is 16.2. The highest BCUT2D eigenvalue weighted by Gasteiger charge is 2.21. The van der Waals surface area contributed by atoms with E-state index >= 15 is 0 Å². The maximum atomic E-state index is 12.5. The van der Waals surface area contributed by atoms with Crippen LogP contribution in [0.4, 0.5) is 0 Å². The van der Waals surface area contributed by atoms with Gasteiger partial charge in [-0.05, 0) is 39.1 Å². The van der Waals surface area contributed by atoms with Crippen molar-refractivity contribution in [1.82, 2.24) is 24.5 Å². The predicted octanol–water partition coefficient (Wildman–Crippen LogP) is 1.73. The van der Waals surface area contributed by atoms with E-state index in [1.54, 1.807) is 13.1 Å². The maximum Gasteiger partial charge on any atom is 0.246 e. The molecular weight excluding hydrogens is 366 g/mol. The maximum absolute atomic E-state index is 12.5. The number of carbonyl (C=O) groups is 2. The molecule has 0 radical (unpaired) electrons. The molecule has 1 fully saturated rings. The number of hydrogen-bond donors (Lipinski definition) is 0. The second-order valence-electron chi connectivity index (χ2n) is 7.54. The average molecular weight is 396 g/mol. The Kier molecular flexibility index (Phi) is 6.49. The van der Waals surface area contributed by atoms with E-state index in [-0.39, 0.29) is 18.4 Å². The van der Waals surface area contributed by atoms with Crippen LogP contribution in [0.1, 0.15) is 17.0 Å². The van der Waals surface area contributed by atoms with E-state index in [4.69, 9.17) is 0 Å². The molecule has 0 atom stereocenters. The molecule has 29 heavy (non-hydrogen) atoms. The summed E-state index contributed by atoms with van der Waals surface area (Å²) in [6, 6.07) is 9.90. The van der Waals surface area contributed by atoms with Gasteiger partial charge in [-0.15, -0.1) is 0 Å². The Morgan fingerprint density at radius 1 is 1.10 bits per heavy atom. The minimum Gasteiger partial charge on any atom is -0.339 e. The summed E-state index contributed by atoms with van der Waals surface area (Å²) in [5.41, 5.74) is 3.72. The SMILES string of the molecule is Cc1nn(-c2ccccc2)c(C)c1/C=C/C(=O)N(C)CC(=O)N1CCN(C)CC1. The third-order valence-corrected chi connectivity index (χ3v) is 5.35. The van der Waals surface area contributed by atoms with Crippen LogP contribution in [0, 0.1) is 13.8 Å². The van der Waals surface area contributed by atoms with Gasteiger partial charge in [-0.1, -0.05) is 18.2 Å². The van der Waals surface area contributed by atoms with Crippen molar-refractivity contribution in [3.05, 3.63) is 53.4 Å². The zero-order valence-electron chi connectivity index (χ0n) is 17.6. The predicted molar refractivity (Wildman–Crippen MR) is 114 cm³/mol. The largest absolute Gasteiger partial charge is 0.339 e. The Morgan fingerprint density at radius 2 is 1.76 bits per heavy atom. The van der Waals surface area contributed by atoms with Gasteiger partial charge in [-0.25, -0.2) is 4.68 Å². The lowest BCUT2D eigenvalue weighted by atomic mass is 10.2. The normalized spacial score (nSPS) is 15.1. The molecule has 2 heterocycles. The molecule has 1 aromatic heterocycles. The molecule has 154 valence electrons. The molecule has 7 heteroatoms.